The smallest absolute Gasteiger partial charge is 0.240 e. The Kier molecular flexibility index (Phi) is 6.19. The summed E-state index contributed by atoms with van der Waals surface area (Å²) < 4.78 is 26.5. The molecule has 0 aliphatic heterocycles. The fourth-order valence-electron chi connectivity index (χ4n) is 1.96. The van der Waals surface area contributed by atoms with Crippen molar-refractivity contribution in [2.45, 2.75) is 11.3 Å². The number of amides is 1. The minimum atomic E-state index is -3.66. The van der Waals surface area contributed by atoms with Crippen molar-refractivity contribution in [3.63, 3.8) is 0 Å². The first-order valence-corrected chi connectivity index (χ1v) is 9.08. The summed E-state index contributed by atoms with van der Waals surface area (Å²) in [6.07, 6.45) is 0.0179. The van der Waals surface area contributed by atoms with Crippen LogP contribution in [0.25, 0.3) is 0 Å². The SMILES string of the molecule is CN(NC(=O)CCNS(=O)(=O)c1ccc(Cl)cc1)c1ccccc1. The van der Waals surface area contributed by atoms with Gasteiger partial charge in [0, 0.05) is 25.0 Å². The van der Waals surface area contributed by atoms with Crippen molar-refractivity contribution < 1.29 is 13.2 Å². The molecule has 0 aliphatic carbocycles. The van der Waals surface area contributed by atoms with Crippen molar-refractivity contribution in [1.82, 2.24) is 10.1 Å². The number of sulfonamides is 1. The third-order valence-corrected chi connectivity index (χ3v) is 4.93. The molecule has 0 radical (unpaired) electrons. The Bertz CT molecular complexity index is 780. The zero-order valence-electron chi connectivity index (χ0n) is 13.1. The first-order valence-electron chi connectivity index (χ1n) is 7.22. The van der Waals surface area contributed by atoms with Crippen molar-refractivity contribution in [2.24, 2.45) is 0 Å². The van der Waals surface area contributed by atoms with Gasteiger partial charge in [-0.3, -0.25) is 15.2 Å². The molecular weight excluding hydrogens is 350 g/mol. The van der Waals surface area contributed by atoms with Gasteiger partial charge in [-0.25, -0.2) is 13.1 Å². The van der Waals surface area contributed by atoms with Gasteiger partial charge in [0.05, 0.1) is 10.6 Å². The Labute approximate surface area is 146 Å². The Hall–Kier alpha value is -2.09. The second-order valence-electron chi connectivity index (χ2n) is 5.03. The topological polar surface area (TPSA) is 78.5 Å². The van der Waals surface area contributed by atoms with Gasteiger partial charge in [-0.1, -0.05) is 29.8 Å². The molecule has 8 heteroatoms. The van der Waals surface area contributed by atoms with Crippen molar-refractivity contribution in [3.8, 4) is 0 Å². The van der Waals surface area contributed by atoms with Gasteiger partial charge in [0.2, 0.25) is 15.9 Å². The summed E-state index contributed by atoms with van der Waals surface area (Å²) in [4.78, 5) is 12.0. The predicted octanol–water partition coefficient (Wildman–Crippen LogP) is 2.18. The van der Waals surface area contributed by atoms with Crippen LogP contribution in [0.5, 0.6) is 0 Å². The molecule has 0 atom stereocenters. The summed E-state index contributed by atoms with van der Waals surface area (Å²) in [6, 6.07) is 15.1. The second kappa shape index (κ2) is 8.14. The third-order valence-electron chi connectivity index (χ3n) is 3.20. The third kappa shape index (κ3) is 5.23. The molecule has 0 bridgehead atoms. The first kappa shape index (κ1) is 18.3. The molecule has 0 fully saturated rings. The number of anilines is 1. The van der Waals surface area contributed by atoms with E-state index < -0.39 is 10.0 Å². The lowest BCUT2D eigenvalue weighted by molar-refractivity contribution is -0.121. The van der Waals surface area contributed by atoms with Gasteiger partial charge in [0.15, 0.2) is 0 Å². The van der Waals surface area contributed by atoms with E-state index in [0.29, 0.717) is 5.02 Å². The minimum absolute atomic E-state index is 0.000573. The van der Waals surface area contributed by atoms with E-state index in [9.17, 15) is 13.2 Å². The van der Waals surface area contributed by atoms with Crippen LogP contribution in [0.3, 0.4) is 0 Å². The number of hydrazine groups is 1. The van der Waals surface area contributed by atoms with Crippen LogP contribution in [0.2, 0.25) is 5.02 Å². The number of nitrogens with one attached hydrogen (secondary N) is 2. The van der Waals surface area contributed by atoms with Crippen molar-refractivity contribution >= 4 is 33.2 Å². The zero-order chi connectivity index (χ0) is 17.6. The lowest BCUT2D eigenvalue weighted by Gasteiger charge is -2.20. The van der Waals surface area contributed by atoms with Crippen LogP contribution in [-0.2, 0) is 14.8 Å². The fourth-order valence-corrected chi connectivity index (χ4v) is 3.11. The zero-order valence-corrected chi connectivity index (χ0v) is 14.6. The quantitative estimate of drug-likeness (QED) is 0.735. The highest BCUT2D eigenvalue weighted by atomic mass is 35.5. The molecule has 0 spiro atoms. The normalized spacial score (nSPS) is 11.1. The molecule has 2 rings (SSSR count). The average molecular weight is 368 g/mol. The van der Waals surface area contributed by atoms with E-state index in [0.717, 1.165) is 5.69 Å². The van der Waals surface area contributed by atoms with E-state index >= 15 is 0 Å². The van der Waals surface area contributed by atoms with Gasteiger partial charge in [-0.05, 0) is 36.4 Å². The molecule has 1 amide bonds. The van der Waals surface area contributed by atoms with Gasteiger partial charge in [-0.15, -0.1) is 0 Å². The molecule has 0 aliphatic rings. The summed E-state index contributed by atoms with van der Waals surface area (Å²) in [6.45, 7) is -0.000573. The van der Waals surface area contributed by atoms with Gasteiger partial charge in [0.1, 0.15) is 0 Å². The van der Waals surface area contributed by atoms with Crippen LogP contribution < -0.4 is 15.2 Å². The summed E-state index contributed by atoms with van der Waals surface area (Å²) >= 11 is 5.73. The monoisotopic (exact) mass is 367 g/mol. The van der Waals surface area contributed by atoms with Gasteiger partial charge >= 0.3 is 0 Å². The van der Waals surface area contributed by atoms with E-state index in [1.54, 1.807) is 12.1 Å². The van der Waals surface area contributed by atoms with Crippen LogP contribution >= 0.6 is 11.6 Å². The van der Waals surface area contributed by atoms with E-state index in [-0.39, 0.29) is 23.8 Å². The Morgan fingerprint density at radius 3 is 2.33 bits per heavy atom. The molecule has 128 valence electrons. The standard InChI is InChI=1S/C16H18ClN3O3S/c1-20(14-5-3-2-4-6-14)19-16(21)11-12-18-24(22,23)15-9-7-13(17)8-10-15/h2-10,18H,11-12H2,1H3,(H,19,21). The number of carbonyl (C=O) groups is 1. The van der Waals surface area contributed by atoms with Crippen LogP contribution in [0.15, 0.2) is 59.5 Å². The predicted molar refractivity (Wildman–Crippen MR) is 94.2 cm³/mol. The number of hydrogen-bond donors (Lipinski definition) is 2. The molecule has 6 nitrogen and oxygen atoms in total. The van der Waals surface area contributed by atoms with E-state index in [2.05, 4.69) is 10.1 Å². The maximum absolute atomic E-state index is 12.1. The van der Waals surface area contributed by atoms with Crippen molar-refractivity contribution in [3.05, 3.63) is 59.6 Å². The molecule has 2 aromatic rings. The number of nitrogens with zero attached hydrogens (tertiary/aromatic N) is 1. The summed E-state index contributed by atoms with van der Waals surface area (Å²) in [7, 11) is -1.94. The first-order chi connectivity index (χ1) is 11.4. The molecule has 0 aromatic heterocycles. The lowest BCUT2D eigenvalue weighted by Crippen LogP contribution is -2.40. The number of hydrogen-bond acceptors (Lipinski definition) is 4. The van der Waals surface area contributed by atoms with Crippen molar-refractivity contribution in [2.75, 3.05) is 18.6 Å². The van der Waals surface area contributed by atoms with Crippen LogP contribution in [0, 0.1) is 0 Å². The number of halogens is 1. The van der Waals surface area contributed by atoms with Crippen molar-refractivity contribution in [1.29, 1.82) is 0 Å². The minimum Gasteiger partial charge on any atom is -0.289 e. The number of para-hydroxylation sites is 1. The summed E-state index contributed by atoms with van der Waals surface area (Å²) in [5.41, 5.74) is 3.50. The van der Waals surface area contributed by atoms with E-state index in [1.165, 1.54) is 24.3 Å². The highest BCUT2D eigenvalue weighted by Gasteiger charge is 2.14. The molecule has 0 saturated heterocycles. The molecular formula is C16H18ClN3O3S. The maximum Gasteiger partial charge on any atom is 0.240 e. The number of benzene rings is 2. The van der Waals surface area contributed by atoms with Gasteiger partial charge in [-0.2, -0.15) is 0 Å². The molecule has 0 heterocycles. The van der Waals surface area contributed by atoms with E-state index in [1.807, 2.05) is 30.3 Å². The Balaban J connectivity index is 1.83. The average Bonchev–Trinajstić information content (AvgIpc) is 2.56. The lowest BCUT2D eigenvalue weighted by atomic mass is 10.3. The molecule has 24 heavy (non-hydrogen) atoms. The fraction of sp³-hybridized carbons (Fsp3) is 0.188. The highest BCUT2D eigenvalue weighted by Crippen LogP contribution is 2.13. The second-order valence-corrected chi connectivity index (χ2v) is 7.23. The largest absolute Gasteiger partial charge is 0.289 e. The Morgan fingerprint density at radius 2 is 1.71 bits per heavy atom. The van der Waals surface area contributed by atoms with Gasteiger partial charge in [0.25, 0.3) is 0 Å². The number of rotatable bonds is 7. The molecule has 0 unspecified atom stereocenters. The molecule has 2 N–H and O–H groups in total. The Morgan fingerprint density at radius 1 is 1.08 bits per heavy atom. The highest BCUT2D eigenvalue weighted by molar-refractivity contribution is 7.89. The molecule has 2 aromatic carbocycles. The maximum atomic E-state index is 12.1. The summed E-state index contributed by atoms with van der Waals surface area (Å²) in [5, 5.41) is 2.04. The van der Waals surface area contributed by atoms with E-state index in [4.69, 9.17) is 11.6 Å². The van der Waals surface area contributed by atoms with Crippen LogP contribution in [0.1, 0.15) is 6.42 Å². The van der Waals surface area contributed by atoms with Gasteiger partial charge < -0.3 is 0 Å². The van der Waals surface area contributed by atoms with Crippen LogP contribution in [-0.4, -0.2) is 27.9 Å². The summed E-state index contributed by atoms with van der Waals surface area (Å²) in [5.74, 6) is -0.292. The number of carbonyl (C=O) groups excluding carboxylic acids is 1. The van der Waals surface area contributed by atoms with Crippen LogP contribution in [0.4, 0.5) is 5.69 Å². The molecule has 0 saturated carbocycles.